The van der Waals surface area contributed by atoms with E-state index in [9.17, 15) is 4.79 Å². The molecule has 4 N–H and O–H groups in total. The van der Waals surface area contributed by atoms with Gasteiger partial charge in [0.25, 0.3) is 0 Å². The Kier molecular flexibility index (Phi) is 7.65. The SMILES string of the molecule is CC(O)C(O)C(O)C(O)C=O.S. The minimum atomic E-state index is -1.65. The van der Waals surface area contributed by atoms with E-state index in [2.05, 4.69) is 0 Å². The fraction of sp³-hybridized carbons (Fsp3) is 0.833. The summed E-state index contributed by atoms with van der Waals surface area (Å²) in [6.07, 6.45) is -5.88. The minimum Gasteiger partial charge on any atom is -0.391 e. The lowest BCUT2D eigenvalue weighted by Gasteiger charge is -2.21. The summed E-state index contributed by atoms with van der Waals surface area (Å²) in [5, 5.41) is 35.1. The molecule has 0 rings (SSSR count). The number of aliphatic hydroxyl groups is 4. The molecule has 74 valence electrons. The Balaban J connectivity index is 0. The third-order valence-corrected chi connectivity index (χ3v) is 1.33. The summed E-state index contributed by atoms with van der Waals surface area (Å²) in [7, 11) is 0. The zero-order valence-electron chi connectivity index (χ0n) is 6.58. The maximum atomic E-state index is 9.87. The topological polar surface area (TPSA) is 98.0 Å². The third-order valence-electron chi connectivity index (χ3n) is 1.33. The Bertz CT molecular complexity index is 129. The average molecular weight is 198 g/mol. The molecule has 0 saturated carbocycles. The Morgan fingerprint density at radius 2 is 1.50 bits per heavy atom. The van der Waals surface area contributed by atoms with Crippen LogP contribution in [0.2, 0.25) is 0 Å². The van der Waals surface area contributed by atoms with E-state index < -0.39 is 24.4 Å². The molecule has 0 spiro atoms. The van der Waals surface area contributed by atoms with Gasteiger partial charge in [-0.3, -0.25) is 0 Å². The second-order valence-corrected chi connectivity index (χ2v) is 2.35. The van der Waals surface area contributed by atoms with Crippen LogP contribution in [0.25, 0.3) is 0 Å². The van der Waals surface area contributed by atoms with Gasteiger partial charge in [0.15, 0.2) is 6.29 Å². The standard InChI is InChI=1S/C6H12O5.H2S/c1-3(8)5(10)6(11)4(9)2-7;/h2-6,8-11H,1H3;1H2. The van der Waals surface area contributed by atoms with Gasteiger partial charge < -0.3 is 25.2 Å². The first-order valence-corrected chi connectivity index (χ1v) is 3.18. The van der Waals surface area contributed by atoms with Gasteiger partial charge in [-0.1, -0.05) is 0 Å². The second kappa shape index (κ2) is 6.38. The zero-order valence-corrected chi connectivity index (χ0v) is 7.58. The molecule has 0 aromatic heterocycles. The molecule has 4 unspecified atom stereocenters. The molecule has 0 radical (unpaired) electrons. The lowest BCUT2D eigenvalue weighted by molar-refractivity contribution is -0.132. The molecule has 0 fully saturated rings. The first kappa shape index (κ1) is 14.4. The molecule has 12 heavy (non-hydrogen) atoms. The third kappa shape index (κ3) is 4.03. The molecular formula is C6H14O5S. The molecule has 4 atom stereocenters. The van der Waals surface area contributed by atoms with Gasteiger partial charge in [0.05, 0.1) is 6.10 Å². The van der Waals surface area contributed by atoms with Crippen molar-refractivity contribution in [3.05, 3.63) is 0 Å². The lowest BCUT2D eigenvalue weighted by Crippen LogP contribution is -2.43. The molecule has 6 heteroatoms. The lowest BCUT2D eigenvalue weighted by atomic mass is 10.1. The van der Waals surface area contributed by atoms with Gasteiger partial charge in [-0.05, 0) is 6.92 Å². The van der Waals surface area contributed by atoms with Crippen LogP contribution in [0.5, 0.6) is 0 Å². The normalized spacial score (nSPS) is 20.1. The van der Waals surface area contributed by atoms with Crippen LogP contribution in [-0.2, 0) is 4.79 Å². The number of carbonyl (C=O) groups is 1. The summed E-state index contributed by atoms with van der Waals surface area (Å²) in [6.45, 7) is 1.24. The van der Waals surface area contributed by atoms with Crippen LogP contribution in [0.1, 0.15) is 6.92 Å². The molecule has 0 saturated heterocycles. The van der Waals surface area contributed by atoms with Crippen LogP contribution in [-0.4, -0.2) is 51.1 Å². The molecule has 5 nitrogen and oxygen atoms in total. The largest absolute Gasteiger partial charge is 0.391 e. The molecule has 0 amide bonds. The van der Waals surface area contributed by atoms with Crippen LogP contribution >= 0.6 is 13.5 Å². The highest BCUT2D eigenvalue weighted by Crippen LogP contribution is 2.02. The fourth-order valence-corrected chi connectivity index (χ4v) is 0.568. The summed E-state index contributed by atoms with van der Waals surface area (Å²) >= 11 is 0. The molecule has 0 bridgehead atoms. The van der Waals surface area contributed by atoms with Crippen molar-refractivity contribution in [3.8, 4) is 0 Å². The highest BCUT2D eigenvalue weighted by atomic mass is 32.1. The second-order valence-electron chi connectivity index (χ2n) is 2.35. The monoisotopic (exact) mass is 198 g/mol. The Hall–Kier alpha value is -0.140. The Morgan fingerprint density at radius 1 is 1.08 bits per heavy atom. The summed E-state index contributed by atoms with van der Waals surface area (Å²) in [4.78, 5) is 9.87. The Labute approximate surface area is 77.1 Å². The number of carbonyl (C=O) groups excluding carboxylic acids is 1. The number of hydrogen-bond acceptors (Lipinski definition) is 5. The first-order chi connectivity index (χ1) is 5.00. The van der Waals surface area contributed by atoms with E-state index in [4.69, 9.17) is 20.4 Å². The summed E-state index contributed by atoms with van der Waals surface area (Å²) < 4.78 is 0. The summed E-state index contributed by atoms with van der Waals surface area (Å²) in [5.74, 6) is 0. The van der Waals surface area contributed by atoms with Crippen LogP contribution in [0, 0.1) is 0 Å². The predicted molar refractivity (Wildman–Crippen MR) is 46.1 cm³/mol. The van der Waals surface area contributed by atoms with Crippen LogP contribution < -0.4 is 0 Å². The molecule has 0 heterocycles. The van der Waals surface area contributed by atoms with Crippen molar-refractivity contribution >= 4 is 19.8 Å². The molecule has 0 aliphatic rings. The smallest absolute Gasteiger partial charge is 0.151 e. The summed E-state index contributed by atoms with van der Waals surface area (Å²) in [6, 6.07) is 0. The van der Waals surface area contributed by atoms with Crippen molar-refractivity contribution in [2.24, 2.45) is 0 Å². The maximum Gasteiger partial charge on any atom is 0.151 e. The van der Waals surface area contributed by atoms with Gasteiger partial charge in [-0.2, -0.15) is 13.5 Å². The predicted octanol–water partition coefficient (Wildman–Crippen LogP) is -2.24. The van der Waals surface area contributed by atoms with Gasteiger partial charge in [0, 0.05) is 0 Å². The van der Waals surface area contributed by atoms with Gasteiger partial charge in [-0.25, -0.2) is 0 Å². The number of aldehydes is 1. The van der Waals surface area contributed by atoms with Crippen LogP contribution in [0.15, 0.2) is 0 Å². The van der Waals surface area contributed by atoms with Crippen molar-refractivity contribution in [2.75, 3.05) is 0 Å². The molecule has 0 aromatic rings. The quantitative estimate of drug-likeness (QED) is 0.383. The molecule has 0 aliphatic carbocycles. The number of rotatable bonds is 4. The average Bonchev–Trinajstić information content (AvgIpc) is 2.00. The van der Waals surface area contributed by atoms with Crippen molar-refractivity contribution in [1.29, 1.82) is 0 Å². The molecule has 0 aliphatic heterocycles. The van der Waals surface area contributed by atoms with Gasteiger partial charge in [0.2, 0.25) is 0 Å². The minimum absolute atomic E-state index is 0. The zero-order chi connectivity index (χ0) is 9.02. The first-order valence-electron chi connectivity index (χ1n) is 3.18. The van der Waals surface area contributed by atoms with E-state index in [-0.39, 0.29) is 19.8 Å². The Morgan fingerprint density at radius 3 is 1.75 bits per heavy atom. The number of hydrogen-bond donors (Lipinski definition) is 4. The van der Waals surface area contributed by atoms with E-state index >= 15 is 0 Å². The van der Waals surface area contributed by atoms with E-state index in [1.807, 2.05) is 0 Å². The van der Waals surface area contributed by atoms with Crippen LogP contribution in [0.3, 0.4) is 0 Å². The van der Waals surface area contributed by atoms with E-state index in [1.54, 1.807) is 0 Å². The molecule has 0 aromatic carbocycles. The fourth-order valence-electron chi connectivity index (χ4n) is 0.568. The van der Waals surface area contributed by atoms with E-state index in [0.29, 0.717) is 0 Å². The highest BCUT2D eigenvalue weighted by Gasteiger charge is 2.27. The summed E-state index contributed by atoms with van der Waals surface area (Å²) in [5.41, 5.74) is 0. The van der Waals surface area contributed by atoms with Crippen molar-refractivity contribution in [2.45, 2.75) is 31.3 Å². The van der Waals surface area contributed by atoms with Crippen molar-refractivity contribution in [1.82, 2.24) is 0 Å². The van der Waals surface area contributed by atoms with Crippen LogP contribution in [0.4, 0.5) is 0 Å². The number of aliphatic hydroxyl groups excluding tert-OH is 4. The van der Waals surface area contributed by atoms with Crippen molar-refractivity contribution < 1.29 is 25.2 Å². The van der Waals surface area contributed by atoms with Gasteiger partial charge in [-0.15, -0.1) is 0 Å². The highest BCUT2D eigenvalue weighted by molar-refractivity contribution is 7.59. The van der Waals surface area contributed by atoms with E-state index in [1.165, 1.54) is 6.92 Å². The van der Waals surface area contributed by atoms with Crippen molar-refractivity contribution in [3.63, 3.8) is 0 Å². The van der Waals surface area contributed by atoms with E-state index in [0.717, 1.165) is 0 Å². The maximum absolute atomic E-state index is 9.87. The molecular weight excluding hydrogens is 184 g/mol. The van der Waals surface area contributed by atoms with Gasteiger partial charge in [0.1, 0.15) is 18.3 Å². The van der Waals surface area contributed by atoms with Gasteiger partial charge >= 0.3 is 0 Å².